The lowest BCUT2D eigenvalue weighted by Crippen LogP contribution is -2.22. The van der Waals surface area contributed by atoms with Gasteiger partial charge in [0.05, 0.1) is 17.8 Å². The summed E-state index contributed by atoms with van der Waals surface area (Å²) in [5, 5.41) is 8.24. The molecule has 1 aliphatic rings. The first-order valence-electron chi connectivity index (χ1n) is 8.26. The van der Waals surface area contributed by atoms with Gasteiger partial charge in [-0.3, -0.25) is 14.8 Å². The summed E-state index contributed by atoms with van der Waals surface area (Å²) in [5.41, 5.74) is 14.8. The summed E-state index contributed by atoms with van der Waals surface area (Å²) in [6, 6.07) is 6.89. The standard InChI is InChI=1S/C18H16ClN5O2S/c19-12-4-2-1-3-9(12)7-24-8-11-13(23-24)6-5-10-14(16(20)25)17(22-18(21)26)27-15(10)11/h1-4,8H,5-7H2,(H2,20,25)(H3,21,22,26). The summed E-state index contributed by atoms with van der Waals surface area (Å²) < 4.78 is 1.84. The van der Waals surface area contributed by atoms with Gasteiger partial charge in [-0.15, -0.1) is 11.3 Å². The third-order valence-corrected chi connectivity index (χ3v) is 6.02. The number of carbonyl (C=O) groups excluding carboxylic acids is 2. The van der Waals surface area contributed by atoms with Crippen molar-refractivity contribution in [3.8, 4) is 10.4 Å². The van der Waals surface area contributed by atoms with Crippen molar-refractivity contribution in [1.29, 1.82) is 0 Å². The van der Waals surface area contributed by atoms with Crippen molar-refractivity contribution in [3.63, 3.8) is 0 Å². The molecular formula is C18H16ClN5O2S. The summed E-state index contributed by atoms with van der Waals surface area (Å²) in [6.07, 6.45) is 3.25. The van der Waals surface area contributed by atoms with Crippen molar-refractivity contribution in [3.05, 3.63) is 57.9 Å². The molecule has 5 N–H and O–H groups in total. The molecular weight excluding hydrogens is 386 g/mol. The first kappa shape index (κ1) is 17.6. The van der Waals surface area contributed by atoms with E-state index < -0.39 is 11.9 Å². The van der Waals surface area contributed by atoms with Crippen molar-refractivity contribution in [2.24, 2.45) is 11.5 Å². The highest BCUT2D eigenvalue weighted by Crippen LogP contribution is 2.44. The van der Waals surface area contributed by atoms with Gasteiger partial charge in [0.2, 0.25) is 0 Å². The first-order chi connectivity index (χ1) is 12.9. The van der Waals surface area contributed by atoms with Crippen LogP contribution in [0.5, 0.6) is 0 Å². The summed E-state index contributed by atoms with van der Waals surface area (Å²) in [6.45, 7) is 0.544. The van der Waals surface area contributed by atoms with Crippen LogP contribution in [0.1, 0.15) is 27.2 Å². The van der Waals surface area contributed by atoms with Gasteiger partial charge in [0.15, 0.2) is 0 Å². The summed E-state index contributed by atoms with van der Waals surface area (Å²) in [5.74, 6) is -0.580. The zero-order valence-corrected chi connectivity index (χ0v) is 15.7. The molecule has 1 aromatic carbocycles. The number of thiophene rings is 1. The Bertz CT molecular complexity index is 1070. The minimum Gasteiger partial charge on any atom is -0.365 e. The molecule has 0 unspecified atom stereocenters. The fraction of sp³-hybridized carbons (Fsp3) is 0.167. The topological polar surface area (TPSA) is 116 Å². The number of hydrogen-bond acceptors (Lipinski definition) is 4. The maximum atomic E-state index is 11.9. The number of primary amides is 2. The number of halogens is 1. The number of fused-ring (bicyclic) bond motifs is 3. The van der Waals surface area contributed by atoms with Gasteiger partial charge >= 0.3 is 6.03 Å². The van der Waals surface area contributed by atoms with Crippen LogP contribution in [0.4, 0.5) is 9.80 Å². The van der Waals surface area contributed by atoms with E-state index >= 15 is 0 Å². The molecule has 7 nitrogen and oxygen atoms in total. The van der Waals surface area contributed by atoms with E-state index in [0.717, 1.165) is 27.3 Å². The van der Waals surface area contributed by atoms with E-state index in [0.29, 0.717) is 35.0 Å². The number of amides is 3. The Morgan fingerprint density at radius 1 is 1.26 bits per heavy atom. The van der Waals surface area contributed by atoms with Crippen molar-refractivity contribution >= 4 is 39.9 Å². The minimum atomic E-state index is -0.731. The van der Waals surface area contributed by atoms with Crippen molar-refractivity contribution < 1.29 is 9.59 Å². The number of benzene rings is 1. The van der Waals surface area contributed by atoms with Gasteiger partial charge in [-0.1, -0.05) is 29.8 Å². The van der Waals surface area contributed by atoms with E-state index in [1.807, 2.05) is 35.1 Å². The van der Waals surface area contributed by atoms with E-state index in [4.69, 9.17) is 23.1 Å². The van der Waals surface area contributed by atoms with E-state index in [2.05, 4.69) is 10.4 Å². The van der Waals surface area contributed by atoms with E-state index in [1.165, 1.54) is 11.3 Å². The van der Waals surface area contributed by atoms with Gasteiger partial charge in [0, 0.05) is 21.7 Å². The van der Waals surface area contributed by atoms with Crippen molar-refractivity contribution in [2.45, 2.75) is 19.4 Å². The number of hydrogen-bond donors (Lipinski definition) is 3. The predicted octanol–water partition coefficient (Wildman–Crippen LogP) is 3.00. The molecule has 2 heterocycles. The third-order valence-electron chi connectivity index (χ3n) is 4.47. The monoisotopic (exact) mass is 401 g/mol. The molecule has 1 aliphatic carbocycles. The Kier molecular flexibility index (Phi) is 4.37. The Morgan fingerprint density at radius 3 is 2.74 bits per heavy atom. The molecule has 4 rings (SSSR count). The van der Waals surface area contributed by atoms with Crippen molar-refractivity contribution in [1.82, 2.24) is 9.78 Å². The molecule has 0 saturated carbocycles. The van der Waals surface area contributed by atoms with E-state index in [-0.39, 0.29) is 0 Å². The predicted molar refractivity (Wildman–Crippen MR) is 105 cm³/mol. The van der Waals surface area contributed by atoms with E-state index in [9.17, 15) is 9.59 Å². The van der Waals surface area contributed by atoms with Crippen LogP contribution in [-0.4, -0.2) is 21.7 Å². The second-order valence-corrected chi connectivity index (χ2v) is 7.67. The van der Waals surface area contributed by atoms with Gasteiger partial charge < -0.3 is 11.5 Å². The molecule has 0 spiro atoms. The second-order valence-electron chi connectivity index (χ2n) is 6.25. The zero-order valence-electron chi connectivity index (χ0n) is 14.2. The number of rotatable bonds is 4. The molecule has 0 bridgehead atoms. The Morgan fingerprint density at radius 2 is 2.04 bits per heavy atom. The Hall–Kier alpha value is -2.84. The number of aryl methyl sites for hydroxylation is 1. The lowest BCUT2D eigenvalue weighted by Gasteiger charge is -2.11. The number of nitrogens with one attached hydrogen (secondary N) is 1. The molecule has 27 heavy (non-hydrogen) atoms. The third kappa shape index (κ3) is 3.17. The molecule has 0 atom stereocenters. The lowest BCUT2D eigenvalue weighted by atomic mass is 9.94. The second kappa shape index (κ2) is 6.71. The molecule has 9 heteroatoms. The van der Waals surface area contributed by atoms with Crippen LogP contribution < -0.4 is 16.8 Å². The van der Waals surface area contributed by atoms with Crippen LogP contribution in [0.15, 0.2) is 30.5 Å². The summed E-state index contributed by atoms with van der Waals surface area (Å²) in [4.78, 5) is 24.1. The number of aromatic nitrogens is 2. The van der Waals surface area contributed by atoms with Gasteiger partial charge in [0.25, 0.3) is 5.91 Å². The highest BCUT2D eigenvalue weighted by Gasteiger charge is 2.29. The van der Waals surface area contributed by atoms with Gasteiger partial charge in [-0.2, -0.15) is 5.10 Å². The Balaban J connectivity index is 1.75. The number of nitrogens with zero attached hydrogens (tertiary/aromatic N) is 2. The van der Waals surface area contributed by atoms with Crippen LogP contribution in [0.25, 0.3) is 10.4 Å². The fourth-order valence-electron chi connectivity index (χ4n) is 3.34. The number of anilines is 1. The van der Waals surface area contributed by atoms with Crippen LogP contribution in [0, 0.1) is 0 Å². The molecule has 0 aliphatic heterocycles. The van der Waals surface area contributed by atoms with Crippen LogP contribution >= 0.6 is 22.9 Å². The quantitative estimate of drug-likeness (QED) is 0.623. The number of carbonyl (C=O) groups is 2. The smallest absolute Gasteiger partial charge is 0.317 e. The van der Waals surface area contributed by atoms with Crippen molar-refractivity contribution in [2.75, 3.05) is 5.32 Å². The van der Waals surface area contributed by atoms with Crippen LogP contribution in [0.3, 0.4) is 0 Å². The molecule has 138 valence electrons. The van der Waals surface area contributed by atoms with Gasteiger partial charge in [-0.05, 0) is 30.0 Å². The largest absolute Gasteiger partial charge is 0.365 e. The summed E-state index contributed by atoms with van der Waals surface area (Å²) >= 11 is 7.54. The number of urea groups is 1. The average Bonchev–Trinajstić information content (AvgIpc) is 3.16. The SMILES string of the molecule is NC(=O)Nc1sc2c(c1C(N)=O)CCc1nn(Cc3ccccc3Cl)cc1-2. The van der Waals surface area contributed by atoms with Crippen LogP contribution in [0.2, 0.25) is 5.02 Å². The van der Waals surface area contributed by atoms with Crippen LogP contribution in [-0.2, 0) is 19.4 Å². The molecule has 0 fully saturated rings. The van der Waals surface area contributed by atoms with Gasteiger partial charge in [0.1, 0.15) is 5.00 Å². The van der Waals surface area contributed by atoms with E-state index in [1.54, 1.807) is 0 Å². The highest BCUT2D eigenvalue weighted by molar-refractivity contribution is 7.20. The maximum Gasteiger partial charge on any atom is 0.317 e. The lowest BCUT2D eigenvalue weighted by molar-refractivity contribution is 0.100. The zero-order chi connectivity index (χ0) is 19.1. The molecule has 0 saturated heterocycles. The summed E-state index contributed by atoms with van der Waals surface area (Å²) in [7, 11) is 0. The maximum absolute atomic E-state index is 11.9. The fourth-order valence-corrected chi connectivity index (χ4v) is 4.83. The normalized spacial score (nSPS) is 12.3. The highest BCUT2D eigenvalue weighted by atomic mass is 35.5. The average molecular weight is 402 g/mol. The first-order valence-corrected chi connectivity index (χ1v) is 9.45. The van der Waals surface area contributed by atoms with Gasteiger partial charge in [-0.25, -0.2) is 4.79 Å². The Labute approximate surface area is 163 Å². The minimum absolute atomic E-state index is 0.332. The molecule has 2 aromatic heterocycles. The molecule has 3 aromatic rings. The number of nitrogens with two attached hydrogens (primary N) is 2. The molecule has 3 amide bonds. The molecule has 0 radical (unpaired) electrons.